The number of ether oxygens (including phenoxy) is 1. The van der Waals surface area contributed by atoms with E-state index in [4.69, 9.17) is 16.3 Å². The van der Waals surface area contributed by atoms with E-state index in [0.717, 1.165) is 0 Å². The molecule has 6 nitrogen and oxygen atoms in total. The monoisotopic (exact) mass is 287 g/mol. The second-order valence-electron chi connectivity index (χ2n) is 4.07. The second-order valence-corrected chi connectivity index (χ2v) is 4.48. The number of pyridine rings is 1. The van der Waals surface area contributed by atoms with Crippen molar-refractivity contribution in [3.63, 3.8) is 0 Å². The number of carbonyl (C=O) groups excluding carboxylic acids is 1. The van der Waals surface area contributed by atoms with Gasteiger partial charge in [0, 0.05) is 27.7 Å². The fourth-order valence-corrected chi connectivity index (χ4v) is 1.74. The first kappa shape index (κ1) is 15.7. The second kappa shape index (κ2) is 7.28. The molecule has 0 aliphatic heterocycles. The third-order valence-electron chi connectivity index (χ3n) is 2.50. The normalized spacial score (nSPS) is 12.1. The molecule has 106 valence electrons. The Hall–Kier alpha value is -1.37. The van der Waals surface area contributed by atoms with Gasteiger partial charge in [-0.1, -0.05) is 11.6 Å². The lowest BCUT2D eigenvalue weighted by atomic mass is 10.3. The van der Waals surface area contributed by atoms with Crippen LogP contribution in [0.25, 0.3) is 0 Å². The highest BCUT2D eigenvalue weighted by molar-refractivity contribution is 6.33. The number of methoxy groups -OCH3 is 1. The molecule has 1 aromatic rings. The third kappa shape index (κ3) is 4.34. The van der Waals surface area contributed by atoms with Crippen molar-refractivity contribution in [2.45, 2.75) is 6.10 Å². The lowest BCUT2D eigenvalue weighted by Gasteiger charge is -2.20. The maximum atomic E-state index is 12.2. The Morgan fingerprint density at radius 2 is 2.32 bits per heavy atom. The van der Waals surface area contributed by atoms with E-state index < -0.39 is 6.10 Å². The first-order valence-corrected chi connectivity index (χ1v) is 6.14. The summed E-state index contributed by atoms with van der Waals surface area (Å²) in [7, 11) is 4.77. The molecule has 1 aromatic heterocycles. The maximum Gasteiger partial charge on any atom is 0.273 e. The van der Waals surface area contributed by atoms with Crippen LogP contribution in [-0.4, -0.2) is 61.4 Å². The van der Waals surface area contributed by atoms with Gasteiger partial charge in [0.25, 0.3) is 5.91 Å². The van der Waals surface area contributed by atoms with Crippen molar-refractivity contribution in [2.24, 2.45) is 0 Å². The molecular formula is C12H18ClN3O3. The fraction of sp³-hybridized carbons (Fsp3) is 0.500. The minimum Gasteiger partial charge on any atom is -0.389 e. The van der Waals surface area contributed by atoms with Gasteiger partial charge in [-0.2, -0.15) is 0 Å². The summed E-state index contributed by atoms with van der Waals surface area (Å²) in [6.07, 6.45) is -0.745. The van der Waals surface area contributed by atoms with E-state index in [1.165, 1.54) is 12.0 Å². The standard InChI is InChI=1S/C12H18ClN3O3/c1-14-10-5-4-9(13)11(15-10)12(18)16(2)6-8(17)7-19-3/h4-5,8,17H,6-7H2,1-3H3,(H,14,15). The van der Waals surface area contributed by atoms with E-state index in [1.54, 1.807) is 26.2 Å². The molecular weight excluding hydrogens is 270 g/mol. The van der Waals surface area contributed by atoms with Crippen molar-refractivity contribution in [3.8, 4) is 0 Å². The number of likely N-dealkylation sites (N-methyl/N-ethyl adjacent to an activating group) is 1. The lowest BCUT2D eigenvalue weighted by molar-refractivity contribution is 0.0378. The lowest BCUT2D eigenvalue weighted by Crippen LogP contribution is -2.36. The SMILES string of the molecule is CNc1ccc(Cl)c(C(=O)N(C)CC(O)COC)n1. The van der Waals surface area contributed by atoms with Gasteiger partial charge in [-0.3, -0.25) is 4.79 Å². The van der Waals surface area contributed by atoms with Crippen molar-refractivity contribution in [3.05, 3.63) is 22.8 Å². The summed E-state index contributed by atoms with van der Waals surface area (Å²) in [6, 6.07) is 3.28. The molecule has 0 aliphatic carbocycles. The number of aromatic nitrogens is 1. The van der Waals surface area contributed by atoms with E-state index in [1.807, 2.05) is 0 Å². The highest BCUT2D eigenvalue weighted by Gasteiger charge is 2.19. The number of nitrogens with zero attached hydrogens (tertiary/aromatic N) is 2. The van der Waals surface area contributed by atoms with Crippen LogP contribution in [0.4, 0.5) is 5.82 Å². The summed E-state index contributed by atoms with van der Waals surface area (Å²) in [6.45, 7) is 0.309. The maximum absolute atomic E-state index is 12.2. The molecule has 0 saturated carbocycles. The number of aliphatic hydroxyl groups excluding tert-OH is 1. The van der Waals surface area contributed by atoms with E-state index >= 15 is 0 Å². The zero-order valence-corrected chi connectivity index (χ0v) is 11.9. The Kier molecular flexibility index (Phi) is 6.01. The summed E-state index contributed by atoms with van der Waals surface area (Å²) in [5, 5.41) is 12.7. The van der Waals surface area contributed by atoms with Crippen LogP contribution in [0.5, 0.6) is 0 Å². The summed E-state index contributed by atoms with van der Waals surface area (Å²) >= 11 is 5.96. The van der Waals surface area contributed by atoms with Crippen molar-refractivity contribution >= 4 is 23.3 Å². The zero-order valence-electron chi connectivity index (χ0n) is 11.2. The van der Waals surface area contributed by atoms with E-state index in [9.17, 15) is 9.90 Å². The molecule has 1 rings (SSSR count). The molecule has 0 fully saturated rings. The quantitative estimate of drug-likeness (QED) is 0.812. The summed E-state index contributed by atoms with van der Waals surface area (Å²) in [5.74, 6) is 0.204. The van der Waals surface area contributed by atoms with Gasteiger partial charge in [-0.25, -0.2) is 4.98 Å². The molecule has 7 heteroatoms. The first-order chi connectivity index (χ1) is 8.99. The predicted molar refractivity (Wildman–Crippen MR) is 73.6 cm³/mol. The van der Waals surface area contributed by atoms with Gasteiger partial charge in [-0.15, -0.1) is 0 Å². The van der Waals surface area contributed by atoms with Crippen LogP contribution in [0, 0.1) is 0 Å². The zero-order chi connectivity index (χ0) is 14.4. The van der Waals surface area contributed by atoms with Crippen LogP contribution in [0.1, 0.15) is 10.5 Å². The molecule has 0 spiro atoms. The number of anilines is 1. The van der Waals surface area contributed by atoms with Gasteiger partial charge in [-0.05, 0) is 12.1 Å². The Balaban J connectivity index is 2.81. The van der Waals surface area contributed by atoms with E-state index in [2.05, 4.69) is 10.3 Å². The van der Waals surface area contributed by atoms with Gasteiger partial charge in [0.1, 0.15) is 11.5 Å². The van der Waals surface area contributed by atoms with Crippen LogP contribution in [0.15, 0.2) is 12.1 Å². The van der Waals surface area contributed by atoms with Gasteiger partial charge >= 0.3 is 0 Å². The average Bonchev–Trinajstić information content (AvgIpc) is 2.38. The molecule has 0 saturated heterocycles. The van der Waals surface area contributed by atoms with E-state index in [0.29, 0.717) is 5.82 Å². The van der Waals surface area contributed by atoms with Crippen LogP contribution < -0.4 is 5.32 Å². The number of nitrogens with one attached hydrogen (secondary N) is 1. The first-order valence-electron chi connectivity index (χ1n) is 5.76. The Morgan fingerprint density at radius 1 is 1.63 bits per heavy atom. The van der Waals surface area contributed by atoms with Crippen molar-refractivity contribution in [1.82, 2.24) is 9.88 Å². The molecule has 0 aliphatic rings. The summed E-state index contributed by atoms with van der Waals surface area (Å²) in [4.78, 5) is 17.6. The molecule has 1 unspecified atom stereocenters. The van der Waals surface area contributed by atoms with Gasteiger partial charge < -0.3 is 20.1 Å². The smallest absolute Gasteiger partial charge is 0.273 e. The molecule has 1 heterocycles. The number of halogens is 1. The molecule has 2 N–H and O–H groups in total. The molecule has 0 aromatic carbocycles. The number of hydrogen-bond donors (Lipinski definition) is 2. The number of hydrogen-bond acceptors (Lipinski definition) is 5. The number of carbonyl (C=O) groups is 1. The number of amides is 1. The van der Waals surface area contributed by atoms with Crippen LogP contribution in [-0.2, 0) is 4.74 Å². The predicted octanol–water partition coefficient (Wildman–Crippen LogP) is 0.856. The average molecular weight is 288 g/mol. The Bertz CT molecular complexity index is 442. The van der Waals surface area contributed by atoms with Crippen molar-refractivity contribution in [1.29, 1.82) is 0 Å². The van der Waals surface area contributed by atoms with Crippen LogP contribution in [0.3, 0.4) is 0 Å². The Labute approximate surface area is 117 Å². The highest BCUT2D eigenvalue weighted by Crippen LogP contribution is 2.18. The Morgan fingerprint density at radius 3 is 2.89 bits per heavy atom. The third-order valence-corrected chi connectivity index (χ3v) is 2.80. The molecule has 1 atom stereocenters. The molecule has 0 bridgehead atoms. The minimum absolute atomic E-state index is 0.147. The number of aliphatic hydroxyl groups is 1. The van der Waals surface area contributed by atoms with Crippen LogP contribution in [0.2, 0.25) is 5.02 Å². The topological polar surface area (TPSA) is 74.7 Å². The largest absolute Gasteiger partial charge is 0.389 e. The van der Waals surface area contributed by atoms with Crippen molar-refractivity contribution < 1.29 is 14.6 Å². The fourth-order valence-electron chi connectivity index (χ4n) is 1.56. The van der Waals surface area contributed by atoms with Gasteiger partial charge in [0.05, 0.1) is 17.7 Å². The van der Waals surface area contributed by atoms with E-state index in [-0.39, 0.29) is 29.8 Å². The van der Waals surface area contributed by atoms with Gasteiger partial charge in [0.2, 0.25) is 0 Å². The molecule has 1 amide bonds. The summed E-state index contributed by atoms with van der Waals surface area (Å²) < 4.78 is 4.81. The molecule has 19 heavy (non-hydrogen) atoms. The number of rotatable bonds is 6. The summed E-state index contributed by atoms with van der Waals surface area (Å²) in [5.41, 5.74) is 0.153. The van der Waals surface area contributed by atoms with Gasteiger partial charge in [0.15, 0.2) is 0 Å². The van der Waals surface area contributed by atoms with Crippen molar-refractivity contribution in [2.75, 3.05) is 39.7 Å². The van der Waals surface area contributed by atoms with Crippen LogP contribution >= 0.6 is 11.6 Å². The molecule has 0 radical (unpaired) electrons. The highest BCUT2D eigenvalue weighted by atomic mass is 35.5. The minimum atomic E-state index is -0.745.